The Balaban J connectivity index is 0.000000507. The van der Waals surface area contributed by atoms with Crippen molar-refractivity contribution in [3.63, 3.8) is 0 Å². The van der Waals surface area contributed by atoms with Crippen LogP contribution in [-0.2, 0) is 83.0 Å². The molecule has 0 bridgehead atoms. The van der Waals surface area contributed by atoms with Gasteiger partial charge in [0.1, 0.15) is 34.8 Å². The number of benzene rings is 11. The summed E-state index contributed by atoms with van der Waals surface area (Å²) < 4.78 is 146. The molecule has 0 fully saturated rings. The monoisotopic (exact) mass is 1970 g/mol. The smallest absolute Gasteiger partial charge is 0.416 e. The lowest BCUT2D eigenvalue weighted by atomic mass is 9.98. The Morgan fingerprint density at radius 3 is 1.05 bits per heavy atom. The Hall–Kier alpha value is -8.92. The Kier molecular flexibility index (Phi) is 59.6. The van der Waals surface area contributed by atoms with Gasteiger partial charge in [-0.25, -0.2) is 17.6 Å². The zero-order valence-electron chi connectivity index (χ0n) is 85.4. The van der Waals surface area contributed by atoms with Crippen molar-refractivity contribution >= 4 is 46.4 Å². The van der Waals surface area contributed by atoms with Crippen LogP contribution < -0.4 is 18.9 Å². The number of rotatable bonds is 25. The van der Waals surface area contributed by atoms with Crippen LogP contribution in [0.5, 0.6) is 23.0 Å². The number of methoxy groups -OCH3 is 2. The molecule has 11 aromatic carbocycles. The molecule has 1 aliphatic heterocycles. The van der Waals surface area contributed by atoms with Crippen molar-refractivity contribution in [3.8, 4) is 23.0 Å². The average Bonchev–Trinajstić information content (AvgIpc) is 1.18. The van der Waals surface area contributed by atoms with Gasteiger partial charge in [0.15, 0.2) is 11.5 Å². The number of fused-ring (bicyclic) bond motifs is 1. The van der Waals surface area contributed by atoms with Gasteiger partial charge in [-0.3, -0.25) is 0 Å². The summed E-state index contributed by atoms with van der Waals surface area (Å²) in [5, 5.41) is 2.16. The second kappa shape index (κ2) is 65.8. The van der Waals surface area contributed by atoms with Gasteiger partial charge >= 0.3 is 12.4 Å². The topological polar surface area (TPSA) is 36.9 Å². The van der Waals surface area contributed by atoms with Crippen LogP contribution in [0.1, 0.15) is 250 Å². The van der Waals surface area contributed by atoms with E-state index >= 15 is 0 Å². The first kappa shape index (κ1) is 123. The van der Waals surface area contributed by atoms with E-state index < -0.39 is 23.5 Å². The maximum Gasteiger partial charge on any atom is 0.416 e. The lowest BCUT2D eigenvalue weighted by Gasteiger charge is -2.13. The summed E-state index contributed by atoms with van der Waals surface area (Å²) in [6.45, 7) is 51.7. The zero-order chi connectivity index (χ0) is 103. The van der Waals surface area contributed by atoms with E-state index in [1.807, 2.05) is 90.1 Å². The Labute approximate surface area is 831 Å². The highest BCUT2D eigenvalue weighted by atomic mass is 35.5. The molecule has 0 radical (unpaired) electrons. The van der Waals surface area contributed by atoms with E-state index in [0.29, 0.717) is 90.4 Å². The van der Waals surface area contributed by atoms with Gasteiger partial charge in [0.05, 0.1) is 35.4 Å². The van der Waals surface area contributed by atoms with E-state index in [-0.39, 0.29) is 39.2 Å². The van der Waals surface area contributed by atoms with Crippen LogP contribution in [0.3, 0.4) is 0 Å². The number of alkyl halides is 6. The van der Waals surface area contributed by atoms with E-state index in [4.69, 9.17) is 65.4 Å². The fourth-order valence-electron chi connectivity index (χ4n) is 14.0. The SMILES string of the molecule is CC(C)Cc1cc(F)ccc1F.CC(C)Cc1ccc(C(C)C)cc1.CC(C)Cc1ccc(F)c(Cl)c1.CC(C)Cc1ccc(F)c(Cl)c1.CC(C)Cc1ccc2c(c1)OCO2.CC(C)Cc1cccc(C(F)(F)F)c1.CC(C)Cc1cccc(Cl)c1.CC(C)Cc1ccccc1.CC(C)Cc1ccccc1C(F)(F)F.CC(C)Cc1ccccc1Cl.COc1cc(CC(C)C)cc(OC)c1. The molecule has 0 aromatic heterocycles. The molecular weight excluding hydrogens is 1810 g/mol. The van der Waals surface area contributed by atoms with Crippen molar-refractivity contribution in [1.82, 2.24) is 0 Å². The van der Waals surface area contributed by atoms with E-state index in [2.05, 4.69) is 216 Å². The largest absolute Gasteiger partial charge is 0.497 e. The molecule has 4 nitrogen and oxygen atoms in total. The molecule has 0 saturated carbocycles. The number of hydrogen-bond acceptors (Lipinski definition) is 4. The van der Waals surface area contributed by atoms with Crippen molar-refractivity contribution in [2.45, 2.75) is 255 Å². The zero-order valence-corrected chi connectivity index (χ0v) is 88.5. The lowest BCUT2D eigenvalue weighted by Crippen LogP contribution is -2.10. The van der Waals surface area contributed by atoms with Crippen molar-refractivity contribution in [3.05, 3.63) is 364 Å². The molecule has 0 aliphatic carbocycles. The molecule has 11 aromatic rings. The molecule has 0 saturated heterocycles. The molecule has 1 heterocycles. The third-order valence-corrected chi connectivity index (χ3v) is 21.0. The van der Waals surface area contributed by atoms with Crippen LogP contribution in [0.2, 0.25) is 20.1 Å². The molecular formula is C118H154Cl4F10O4. The lowest BCUT2D eigenvalue weighted by molar-refractivity contribution is -0.138. The van der Waals surface area contributed by atoms with Crippen molar-refractivity contribution in [1.29, 1.82) is 0 Å². The summed E-state index contributed by atoms with van der Waals surface area (Å²) >= 11 is 23.0. The third kappa shape index (κ3) is 56.2. The molecule has 0 atom stereocenters. The van der Waals surface area contributed by atoms with Gasteiger partial charge in [-0.15, -0.1) is 0 Å². The maximum absolute atomic E-state index is 13.0. The molecule has 12 rings (SSSR count). The van der Waals surface area contributed by atoms with Crippen molar-refractivity contribution in [2.24, 2.45) is 65.1 Å². The van der Waals surface area contributed by atoms with Gasteiger partial charge in [0, 0.05) is 16.1 Å². The minimum atomic E-state index is -4.23. The van der Waals surface area contributed by atoms with Crippen LogP contribution in [0.25, 0.3) is 0 Å². The molecule has 136 heavy (non-hydrogen) atoms. The van der Waals surface area contributed by atoms with Gasteiger partial charge in [0.2, 0.25) is 6.79 Å². The highest BCUT2D eigenvalue weighted by Crippen LogP contribution is 2.36. The Morgan fingerprint density at radius 2 is 0.625 bits per heavy atom. The van der Waals surface area contributed by atoms with Crippen molar-refractivity contribution in [2.75, 3.05) is 21.0 Å². The molecule has 0 N–H and O–H groups in total. The average molecular weight is 1970 g/mol. The van der Waals surface area contributed by atoms with Crippen LogP contribution in [-0.4, -0.2) is 21.0 Å². The van der Waals surface area contributed by atoms with Crippen LogP contribution in [0.15, 0.2) is 243 Å². The highest BCUT2D eigenvalue weighted by molar-refractivity contribution is 6.31. The van der Waals surface area contributed by atoms with Gasteiger partial charge in [-0.05, 0) is 305 Å². The summed E-state index contributed by atoms with van der Waals surface area (Å²) in [5.41, 5.74) is 12.2. The van der Waals surface area contributed by atoms with Crippen LogP contribution in [0.4, 0.5) is 43.9 Å². The molecule has 1 aliphatic rings. The van der Waals surface area contributed by atoms with Gasteiger partial charge in [-0.2, -0.15) is 26.3 Å². The first-order valence-electron chi connectivity index (χ1n) is 47.6. The molecule has 748 valence electrons. The first-order chi connectivity index (χ1) is 63.7. The molecule has 18 heteroatoms. The van der Waals surface area contributed by atoms with E-state index in [0.717, 1.165) is 118 Å². The van der Waals surface area contributed by atoms with Gasteiger partial charge < -0.3 is 18.9 Å². The standard InChI is InChI=1S/C13H20.C12H18O2.2C11H13F3.C11H14O2.2C10H12ClF.2C10H13Cl.C10H12F2.C10H14/c1-10(2)9-12-5-7-13(8-6-12)11(3)4;1-9(2)5-10-6-11(13-3)8-12(7-10)14-4;1-8(2)6-9-4-3-5-10(7-9)11(12,13)14;1-8(2)7-9-5-3-4-6-10(9)11(12,13)14;1-8(2)5-9-3-4-10-11(6-9)13-7-12-10;2*1-7(2)5-8-3-4-10(12)9(11)6-8;1-8(2)6-9-4-3-5-10(11)7-9;1-8(2)7-9-5-3-4-6-10(9)11;1-7(2)5-8-6-9(11)3-4-10(8)12;1-9(2)8-10-6-4-3-5-7-10/h5-8,10-11H,9H2,1-4H3;6-9H,5H2,1-4H3;3-5,7-8H,6H2,1-2H3;3-6,8H,7H2,1-2H3;3-4,6,8H,5,7H2,1-2H3;2*3-4,6-7H,5H2,1-2H3;3-5,7-8H,6H2,1-2H3;3-6,8H,7H2,1-2H3;3-4,6-7H,5H2,1-2H3;3-7,9H,8H2,1-2H3. The second-order valence-electron chi connectivity index (χ2n) is 39.2. The van der Waals surface area contributed by atoms with Crippen LogP contribution in [0, 0.1) is 88.4 Å². The Morgan fingerprint density at radius 1 is 0.272 bits per heavy atom. The summed E-state index contributed by atoms with van der Waals surface area (Å²) in [6.07, 6.45) is 1.88. The predicted octanol–water partition coefficient (Wildman–Crippen LogP) is 37.8. The number of halogens is 14. The normalized spacial score (nSPS) is 11.3. The van der Waals surface area contributed by atoms with E-state index in [1.54, 1.807) is 56.7 Å². The fraction of sp³-hybridized carbons (Fsp3) is 0.441. The molecule has 0 amide bonds. The van der Waals surface area contributed by atoms with Crippen LogP contribution >= 0.6 is 46.4 Å². The highest BCUT2D eigenvalue weighted by Gasteiger charge is 2.33. The van der Waals surface area contributed by atoms with Gasteiger partial charge in [0.25, 0.3) is 0 Å². The summed E-state index contributed by atoms with van der Waals surface area (Å²) in [5.74, 6) is 9.09. The van der Waals surface area contributed by atoms with E-state index in [9.17, 15) is 43.9 Å². The summed E-state index contributed by atoms with van der Waals surface area (Å²) in [7, 11) is 3.35. The fourth-order valence-corrected chi connectivity index (χ4v) is 14.8. The van der Waals surface area contributed by atoms with E-state index in [1.165, 1.54) is 94.3 Å². The maximum atomic E-state index is 13.0. The molecule has 0 unspecified atom stereocenters. The minimum absolute atomic E-state index is 0.216. The van der Waals surface area contributed by atoms with Gasteiger partial charge in [-0.1, -0.05) is 352 Å². The third-order valence-electron chi connectivity index (χ3n) is 19.8. The molecule has 0 spiro atoms. The van der Waals surface area contributed by atoms with Crippen molar-refractivity contribution < 1.29 is 62.9 Å². The predicted molar refractivity (Wildman–Crippen MR) is 558 cm³/mol. The summed E-state index contributed by atoms with van der Waals surface area (Å²) in [6, 6.07) is 72.5. The first-order valence-corrected chi connectivity index (χ1v) is 49.1. The summed E-state index contributed by atoms with van der Waals surface area (Å²) in [4.78, 5) is 0. The minimum Gasteiger partial charge on any atom is -0.497 e. The Bertz CT molecular complexity index is 5000. The second-order valence-corrected chi connectivity index (χ2v) is 40.8. The quantitative estimate of drug-likeness (QED) is 0.0535. The number of ether oxygens (including phenoxy) is 4. The number of hydrogen-bond donors (Lipinski definition) is 0.